The second kappa shape index (κ2) is 11.1. The maximum absolute atomic E-state index is 12.4. The number of carbonyl (C=O) groups excluding carboxylic acids is 1. The molecule has 1 heterocycles. The van der Waals surface area contributed by atoms with Gasteiger partial charge in [-0.2, -0.15) is 8.42 Å². The smallest absolute Gasteiger partial charge is 0.410 e. The van der Waals surface area contributed by atoms with Gasteiger partial charge in [-0.25, -0.2) is 4.79 Å². The van der Waals surface area contributed by atoms with E-state index in [4.69, 9.17) is 15.0 Å². The number of nitrogens with zero attached hydrogens (tertiary/aromatic N) is 1. The second-order valence-corrected chi connectivity index (χ2v) is 9.25. The molecule has 4 rings (SSSR count). The van der Waals surface area contributed by atoms with Crippen molar-refractivity contribution in [3.63, 3.8) is 0 Å². The van der Waals surface area contributed by atoms with Crippen LogP contribution < -0.4 is 5.73 Å². The molecule has 0 unspecified atom stereocenters. The van der Waals surface area contributed by atoms with Crippen LogP contribution in [-0.2, 0) is 21.5 Å². The monoisotopic (exact) mass is 468 g/mol. The quantitative estimate of drug-likeness (QED) is 0.551. The van der Waals surface area contributed by atoms with E-state index in [0.29, 0.717) is 6.54 Å². The molecule has 0 spiro atoms. The van der Waals surface area contributed by atoms with Crippen LogP contribution in [0.5, 0.6) is 0 Å². The van der Waals surface area contributed by atoms with E-state index in [1.54, 1.807) is 17.0 Å². The van der Waals surface area contributed by atoms with Crippen LogP contribution in [0.1, 0.15) is 29.2 Å². The van der Waals surface area contributed by atoms with Crippen LogP contribution in [0.15, 0.2) is 89.8 Å². The predicted molar refractivity (Wildman–Crippen MR) is 126 cm³/mol. The van der Waals surface area contributed by atoms with Crippen LogP contribution in [0.4, 0.5) is 4.79 Å². The van der Waals surface area contributed by atoms with Gasteiger partial charge < -0.3 is 10.5 Å². The van der Waals surface area contributed by atoms with Gasteiger partial charge in [0.25, 0.3) is 10.1 Å². The maximum atomic E-state index is 12.4. The fourth-order valence-corrected chi connectivity index (χ4v) is 4.09. The van der Waals surface area contributed by atoms with Gasteiger partial charge in [0.2, 0.25) is 0 Å². The van der Waals surface area contributed by atoms with Gasteiger partial charge in [-0.3, -0.25) is 9.45 Å². The lowest BCUT2D eigenvalue weighted by Crippen LogP contribution is -2.36. The van der Waals surface area contributed by atoms with Crippen LogP contribution in [0, 0.1) is 6.92 Å². The minimum absolute atomic E-state index is 0.0494. The summed E-state index contributed by atoms with van der Waals surface area (Å²) in [6.07, 6.45) is 0.491. The number of likely N-dealkylation sites (tertiary alicyclic amines) is 1. The van der Waals surface area contributed by atoms with Crippen molar-refractivity contribution in [3.05, 3.63) is 102 Å². The number of hydrogen-bond donors (Lipinski definition) is 2. The highest BCUT2D eigenvalue weighted by Gasteiger charge is 2.36. The summed E-state index contributed by atoms with van der Waals surface area (Å²) in [5.41, 5.74) is 9.19. The highest BCUT2D eigenvalue weighted by molar-refractivity contribution is 7.85. The first-order valence-corrected chi connectivity index (χ1v) is 12.0. The summed E-state index contributed by atoms with van der Waals surface area (Å²) in [5, 5.41) is 0. The van der Waals surface area contributed by atoms with Gasteiger partial charge >= 0.3 is 6.09 Å². The highest BCUT2D eigenvalue weighted by Crippen LogP contribution is 2.31. The Hall–Kier alpha value is -3.20. The zero-order valence-corrected chi connectivity index (χ0v) is 19.2. The molecule has 7 nitrogen and oxygen atoms in total. The highest BCUT2D eigenvalue weighted by atomic mass is 32.2. The van der Waals surface area contributed by atoms with E-state index < -0.39 is 10.1 Å². The van der Waals surface area contributed by atoms with Crippen molar-refractivity contribution in [2.45, 2.75) is 36.9 Å². The first kappa shape index (κ1) is 24.4. The molecule has 1 saturated heterocycles. The first-order chi connectivity index (χ1) is 15.8. The van der Waals surface area contributed by atoms with E-state index >= 15 is 0 Å². The molecule has 0 radical (unpaired) electrons. The summed E-state index contributed by atoms with van der Waals surface area (Å²) >= 11 is 0. The zero-order chi connectivity index (χ0) is 23.8. The fourth-order valence-electron chi connectivity index (χ4n) is 3.61. The molecule has 0 bridgehead atoms. The number of hydrogen-bond acceptors (Lipinski definition) is 5. The topological polar surface area (TPSA) is 110 Å². The average molecular weight is 469 g/mol. The Morgan fingerprint density at radius 3 is 2.15 bits per heavy atom. The largest absolute Gasteiger partial charge is 0.445 e. The Labute approximate surface area is 194 Å². The Balaban J connectivity index is 0.000000235. The molecule has 0 aromatic heterocycles. The molecule has 2 atom stereocenters. The SMILES string of the molecule is Cc1ccc(S(=O)(=O)O)cc1.N[C@H]1CCN(C(=O)OCc2ccccc2)[C@@H]1c1ccccc1. The lowest BCUT2D eigenvalue weighted by molar-refractivity contribution is 0.0908. The van der Waals surface area contributed by atoms with E-state index in [9.17, 15) is 13.2 Å². The van der Waals surface area contributed by atoms with Gasteiger partial charge in [-0.05, 0) is 36.6 Å². The first-order valence-electron chi connectivity index (χ1n) is 10.6. The summed E-state index contributed by atoms with van der Waals surface area (Å²) in [6, 6.07) is 25.4. The van der Waals surface area contributed by atoms with Crippen LogP contribution >= 0.6 is 0 Å². The van der Waals surface area contributed by atoms with Crippen LogP contribution in [0.2, 0.25) is 0 Å². The summed E-state index contributed by atoms with van der Waals surface area (Å²) in [6.45, 7) is 2.76. The number of amides is 1. The van der Waals surface area contributed by atoms with E-state index in [2.05, 4.69) is 0 Å². The number of carbonyl (C=O) groups is 1. The summed E-state index contributed by atoms with van der Waals surface area (Å²) in [4.78, 5) is 14.1. The molecule has 3 N–H and O–H groups in total. The van der Waals surface area contributed by atoms with E-state index in [0.717, 1.165) is 23.1 Å². The van der Waals surface area contributed by atoms with Gasteiger partial charge in [0, 0.05) is 12.6 Å². The second-order valence-electron chi connectivity index (χ2n) is 7.83. The van der Waals surface area contributed by atoms with Crippen LogP contribution in [-0.4, -0.2) is 36.6 Å². The molecule has 33 heavy (non-hydrogen) atoms. The number of nitrogens with two attached hydrogens (primary N) is 1. The predicted octanol–water partition coefficient (Wildman–Crippen LogP) is 4.34. The molecule has 0 aliphatic carbocycles. The molecule has 174 valence electrons. The minimum Gasteiger partial charge on any atom is -0.445 e. The summed E-state index contributed by atoms with van der Waals surface area (Å²) in [5.74, 6) is 0. The molecular formula is C25H28N2O5S. The van der Waals surface area contributed by atoms with Crippen molar-refractivity contribution in [2.75, 3.05) is 6.54 Å². The minimum atomic E-state index is -4.02. The zero-order valence-electron chi connectivity index (χ0n) is 18.4. The Morgan fingerprint density at radius 1 is 1.00 bits per heavy atom. The Morgan fingerprint density at radius 2 is 1.58 bits per heavy atom. The van der Waals surface area contributed by atoms with Crippen molar-refractivity contribution in [3.8, 4) is 0 Å². The van der Waals surface area contributed by atoms with Crippen molar-refractivity contribution >= 4 is 16.2 Å². The molecule has 3 aromatic rings. The van der Waals surface area contributed by atoms with Gasteiger partial charge in [0.15, 0.2) is 0 Å². The van der Waals surface area contributed by atoms with Crippen LogP contribution in [0.3, 0.4) is 0 Å². The standard InChI is InChI=1S/C18H20N2O2.C7H8O3S/c19-16-11-12-20(17(16)15-9-5-2-6-10-15)18(21)22-13-14-7-3-1-4-8-14;1-6-2-4-7(5-3-6)11(8,9)10/h1-10,16-17H,11-13,19H2;2-5H,1H3,(H,8,9,10)/t16-,17+;/m0./s1. The molecule has 1 aliphatic rings. The lowest BCUT2D eigenvalue weighted by Gasteiger charge is -2.26. The van der Waals surface area contributed by atoms with E-state index in [-0.39, 0.29) is 29.7 Å². The third-order valence-corrected chi connectivity index (χ3v) is 6.21. The average Bonchev–Trinajstić information content (AvgIpc) is 3.20. The normalized spacial score (nSPS) is 17.7. The molecular weight excluding hydrogens is 440 g/mol. The van der Waals surface area contributed by atoms with Gasteiger partial charge in [-0.1, -0.05) is 78.4 Å². The van der Waals surface area contributed by atoms with Crippen molar-refractivity contribution in [2.24, 2.45) is 5.73 Å². The lowest BCUT2D eigenvalue weighted by atomic mass is 10.0. The van der Waals surface area contributed by atoms with Gasteiger partial charge in [-0.15, -0.1) is 0 Å². The van der Waals surface area contributed by atoms with Crippen molar-refractivity contribution in [1.29, 1.82) is 0 Å². The molecule has 3 aromatic carbocycles. The van der Waals surface area contributed by atoms with Gasteiger partial charge in [0.05, 0.1) is 10.9 Å². The number of aryl methyl sites for hydroxylation is 1. The molecule has 1 aliphatic heterocycles. The third-order valence-electron chi connectivity index (χ3n) is 5.34. The number of rotatable bonds is 4. The van der Waals surface area contributed by atoms with Gasteiger partial charge in [0.1, 0.15) is 6.61 Å². The van der Waals surface area contributed by atoms with Crippen molar-refractivity contribution in [1.82, 2.24) is 4.90 Å². The summed E-state index contributed by atoms with van der Waals surface area (Å²) in [7, 11) is -4.02. The Kier molecular flexibility index (Phi) is 8.21. The molecule has 1 fully saturated rings. The fraction of sp³-hybridized carbons (Fsp3) is 0.240. The Bertz CT molecular complexity index is 1140. The van der Waals surface area contributed by atoms with E-state index in [1.807, 2.05) is 67.6 Å². The third kappa shape index (κ3) is 6.89. The van der Waals surface area contributed by atoms with E-state index in [1.165, 1.54) is 12.1 Å². The van der Waals surface area contributed by atoms with Crippen LogP contribution in [0.25, 0.3) is 0 Å². The number of ether oxygens (including phenoxy) is 1. The number of benzene rings is 3. The summed E-state index contributed by atoms with van der Waals surface area (Å²) < 4.78 is 35.0. The molecule has 0 saturated carbocycles. The van der Waals surface area contributed by atoms with Crippen molar-refractivity contribution < 1.29 is 22.5 Å². The molecule has 1 amide bonds. The maximum Gasteiger partial charge on any atom is 0.410 e. The molecule has 8 heteroatoms.